The number of hydrogen-bond acceptors (Lipinski definition) is 4. The Morgan fingerprint density at radius 3 is 2.28 bits per heavy atom. The van der Waals surface area contributed by atoms with Crippen LogP contribution in [0, 0.1) is 0 Å². The highest BCUT2D eigenvalue weighted by molar-refractivity contribution is 9.10. The summed E-state index contributed by atoms with van der Waals surface area (Å²) in [6, 6.07) is 13.3. The zero-order valence-corrected chi connectivity index (χ0v) is 18.2. The van der Waals surface area contributed by atoms with Crippen LogP contribution in [0.15, 0.2) is 46.9 Å². The van der Waals surface area contributed by atoms with Gasteiger partial charge in [-0.25, -0.2) is 0 Å². The van der Waals surface area contributed by atoms with Crippen molar-refractivity contribution in [2.24, 2.45) is 5.73 Å². The van der Waals surface area contributed by atoms with Gasteiger partial charge in [-0.05, 0) is 57.7 Å². The number of benzene rings is 2. The van der Waals surface area contributed by atoms with Crippen LogP contribution >= 0.6 is 15.9 Å². The third-order valence-corrected chi connectivity index (χ3v) is 5.83. The predicted octanol–water partition coefficient (Wildman–Crippen LogP) is 2.83. The maximum absolute atomic E-state index is 12.6. The molecule has 2 N–H and O–H groups in total. The zero-order valence-electron chi connectivity index (χ0n) is 16.6. The summed E-state index contributed by atoms with van der Waals surface area (Å²) in [7, 11) is 1.64. The number of piperazine rings is 1. The van der Waals surface area contributed by atoms with E-state index < -0.39 is 5.91 Å². The number of carbonyl (C=O) groups is 2. The quantitative estimate of drug-likeness (QED) is 0.690. The third kappa shape index (κ3) is 5.81. The molecule has 0 aromatic heterocycles. The summed E-state index contributed by atoms with van der Waals surface area (Å²) in [6.07, 6.45) is 1.22. The van der Waals surface area contributed by atoms with Gasteiger partial charge in [0.25, 0.3) is 0 Å². The van der Waals surface area contributed by atoms with E-state index in [0.29, 0.717) is 18.4 Å². The monoisotopic (exact) mass is 459 g/mol. The minimum Gasteiger partial charge on any atom is -0.496 e. The van der Waals surface area contributed by atoms with Gasteiger partial charge in [0.2, 0.25) is 11.8 Å². The minimum absolute atomic E-state index is 0.197. The van der Waals surface area contributed by atoms with Crippen LogP contribution in [0.2, 0.25) is 0 Å². The second-order valence-corrected chi connectivity index (χ2v) is 8.04. The van der Waals surface area contributed by atoms with Crippen molar-refractivity contribution in [2.75, 3.05) is 33.3 Å². The van der Waals surface area contributed by atoms with E-state index in [1.54, 1.807) is 19.2 Å². The molecule has 2 aromatic rings. The average molecular weight is 460 g/mol. The molecule has 1 fully saturated rings. The average Bonchev–Trinajstić information content (AvgIpc) is 2.73. The summed E-state index contributed by atoms with van der Waals surface area (Å²) in [5, 5.41) is 0. The number of ether oxygens (including phenoxy) is 1. The molecule has 3 rings (SSSR count). The SMILES string of the molecule is COc1ccc(CCC(=O)N2CCN(Cc3ccc(C(N)=O)cc3)CC2)cc1Br. The van der Waals surface area contributed by atoms with Crippen LogP contribution in [0.25, 0.3) is 0 Å². The molecule has 1 aliphatic heterocycles. The molecule has 2 amide bonds. The first-order chi connectivity index (χ1) is 14.0. The molecule has 0 spiro atoms. The number of carbonyl (C=O) groups excluding carboxylic acids is 2. The molecule has 0 atom stereocenters. The largest absolute Gasteiger partial charge is 0.496 e. The Labute approximate surface area is 179 Å². The standard InChI is InChI=1S/C22H26BrN3O3/c1-29-20-8-4-16(14-19(20)23)5-9-21(27)26-12-10-25(11-13-26)15-17-2-6-18(7-3-17)22(24)28/h2-4,6-8,14H,5,9-13,15H2,1H3,(H2,24,28). The second kappa shape index (κ2) is 9.89. The number of nitrogens with two attached hydrogens (primary N) is 1. The molecule has 1 saturated heterocycles. The van der Waals surface area contributed by atoms with E-state index in [0.717, 1.165) is 54.1 Å². The van der Waals surface area contributed by atoms with Crippen LogP contribution < -0.4 is 10.5 Å². The summed E-state index contributed by atoms with van der Waals surface area (Å²) in [5.74, 6) is 0.577. The molecule has 0 unspecified atom stereocenters. The fourth-order valence-corrected chi connectivity index (χ4v) is 4.05. The van der Waals surface area contributed by atoms with Gasteiger partial charge < -0.3 is 15.4 Å². The first kappa shape index (κ1) is 21.3. The smallest absolute Gasteiger partial charge is 0.248 e. The number of halogens is 1. The van der Waals surface area contributed by atoms with Crippen molar-refractivity contribution in [1.82, 2.24) is 9.80 Å². The molecule has 1 heterocycles. The lowest BCUT2D eigenvalue weighted by Crippen LogP contribution is -2.48. The molecule has 0 bridgehead atoms. The summed E-state index contributed by atoms with van der Waals surface area (Å²) >= 11 is 3.49. The molecule has 2 aromatic carbocycles. The van der Waals surface area contributed by atoms with Gasteiger partial charge >= 0.3 is 0 Å². The lowest BCUT2D eigenvalue weighted by atomic mass is 10.1. The molecule has 6 nitrogen and oxygen atoms in total. The van der Waals surface area contributed by atoms with E-state index in [1.807, 2.05) is 35.2 Å². The molecule has 29 heavy (non-hydrogen) atoms. The predicted molar refractivity (Wildman–Crippen MR) is 116 cm³/mol. The Balaban J connectivity index is 1.44. The maximum Gasteiger partial charge on any atom is 0.248 e. The van der Waals surface area contributed by atoms with Crippen molar-refractivity contribution in [2.45, 2.75) is 19.4 Å². The number of methoxy groups -OCH3 is 1. The number of aryl methyl sites for hydroxylation is 1. The van der Waals surface area contributed by atoms with Gasteiger partial charge in [-0.3, -0.25) is 14.5 Å². The van der Waals surface area contributed by atoms with Gasteiger partial charge in [0.1, 0.15) is 5.75 Å². The van der Waals surface area contributed by atoms with Crippen molar-refractivity contribution in [1.29, 1.82) is 0 Å². The second-order valence-electron chi connectivity index (χ2n) is 7.19. The first-order valence-electron chi connectivity index (χ1n) is 9.67. The first-order valence-corrected chi connectivity index (χ1v) is 10.5. The van der Waals surface area contributed by atoms with Gasteiger partial charge in [0, 0.05) is 44.7 Å². The molecular formula is C22H26BrN3O3. The van der Waals surface area contributed by atoms with E-state index >= 15 is 0 Å². The maximum atomic E-state index is 12.6. The molecular weight excluding hydrogens is 434 g/mol. The van der Waals surface area contributed by atoms with Crippen LogP contribution in [0.4, 0.5) is 0 Å². The van der Waals surface area contributed by atoms with Crippen molar-refractivity contribution < 1.29 is 14.3 Å². The lowest BCUT2D eigenvalue weighted by Gasteiger charge is -2.35. The highest BCUT2D eigenvalue weighted by atomic mass is 79.9. The summed E-state index contributed by atoms with van der Waals surface area (Å²) < 4.78 is 6.15. The van der Waals surface area contributed by atoms with Crippen LogP contribution in [-0.2, 0) is 17.8 Å². The zero-order chi connectivity index (χ0) is 20.8. The molecule has 0 aliphatic carbocycles. The van der Waals surface area contributed by atoms with Gasteiger partial charge in [-0.15, -0.1) is 0 Å². The van der Waals surface area contributed by atoms with Gasteiger partial charge in [0.05, 0.1) is 11.6 Å². The van der Waals surface area contributed by atoms with Crippen LogP contribution in [0.1, 0.15) is 27.9 Å². The number of primary amides is 1. The fraction of sp³-hybridized carbons (Fsp3) is 0.364. The van der Waals surface area contributed by atoms with E-state index in [9.17, 15) is 9.59 Å². The summed E-state index contributed by atoms with van der Waals surface area (Å²) in [4.78, 5) is 28.0. The third-order valence-electron chi connectivity index (χ3n) is 5.21. The van der Waals surface area contributed by atoms with E-state index in [4.69, 9.17) is 10.5 Å². The molecule has 0 radical (unpaired) electrons. The number of rotatable bonds is 7. The van der Waals surface area contributed by atoms with E-state index in [1.165, 1.54) is 0 Å². The van der Waals surface area contributed by atoms with Crippen LogP contribution in [0.3, 0.4) is 0 Å². The number of nitrogens with zero attached hydrogens (tertiary/aromatic N) is 2. The molecule has 1 aliphatic rings. The number of amides is 2. The van der Waals surface area contributed by atoms with Gasteiger partial charge in [0.15, 0.2) is 0 Å². The van der Waals surface area contributed by atoms with Crippen molar-refractivity contribution in [3.8, 4) is 5.75 Å². The molecule has 7 heteroatoms. The normalized spacial score (nSPS) is 14.6. The summed E-state index contributed by atoms with van der Waals surface area (Å²) in [6.45, 7) is 3.98. The van der Waals surface area contributed by atoms with E-state index in [-0.39, 0.29) is 5.91 Å². The van der Waals surface area contributed by atoms with Crippen molar-refractivity contribution in [3.63, 3.8) is 0 Å². The Hall–Kier alpha value is -2.38. The summed E-state index contributed by atoms with van der Waals surface area (Å²) in [5.41, 5.74) is 8.05. The van der Waals surface area contributed by atoms with Crippen LogP contribution in [-0.4, -0.2) is 54.9 Å². The van der Waals surface area contributed by atoms with E-state index in [2.05, 4.69) is 20.8 Å². The fourth-order valence-electron chi connectivity index (χ4n) is 3.46. The van der Waals surface area contributed by atoms with Gasteiger partial charge in [-0.1, -0.05) is 18.2 Å². The minimum atomic E-state index is -0.411. The Morgan fingerprint density at radius 2 is 1.69 bits per heavy atom. The Kier molecular flexibility index (Phi) is 7.28. The number of hydrogen-bond donors (Lipinski definition) is 1. The lowest BCUT2D eigenvalue weighted by molar-refractivity contribution is -0.133. The van der Waals surface area contributed by atoms with Crippen molar-refractivity contribution in [3.05, 3.63) is 63.6 Å². The molecule has 154 valence electrons. The highest BCUT2D eigenvalue weighted by Crippen LogP contribution is 2.26. The Morgan fingerprint density at radius 1 is 1.03 bits per heavy atom. The van der Waals surface area contributed by atoms with Crippen LogP contribution in [0.5, 0.6) is 5.75 Å². The molecule has 0 saturated carbocycles. The highest BCUT2D eigenvalue weighted by Gasteiger charge is 2.21. The Bertz CT molecular complexity index is 862. The topological polar surface area (TPSA) is 75.9 Å². The van der Waals surface area contributed by atoms with Crippen molar-refractivity contribution >= 4 is 27.7 Å². The van der Waals surface area contributed by atoms with Gasteiger partial charge in [-0.2, -0.15) is 0 Å².